The van der Waals surface area contributed by atoms with Crippen molar-refractivity contribution in [2.24, 2.45) is 0 Å². The zero-order chi connectivity index (χ0) is 29.2. The average molecular weight is 578 g/mol. The van der Waals surface area contributed by atoms with Gasteiger partial charge in [-0.15, -0.1) is 0 Å². The predicted molar refractivity (Wildman–Crippen MR) is 88.3 cm³/mol. The van der Waals surface area contributed by atoms with Gasteiger partial charge in [-0.1, -0.05) is 34.6 Å². The van der Waals surface area contributed by atoms with E-state index in [2.05, 4.69) is 0 Å². The molecule has 1 unspecified atom stereocenters. The molecule has 0 saturated carbocycles. The van der Waals surface area contributed by atoms with E-state index in [-0.39, 0.29) is 6.92 Å². The van der Waals surface area contributed by atoms with Crippen LogP contribution in [0.4, 0.5) is 74.6 Å². The van der Waals surface area contributed by atoms with Gasteiger partial charge >= 0.3 is 47.6 Å². The molecule has 0 aliphatic rings. The van der Waals surface area contributed by atoms with Crippen LogP contribution in [-0.2, 0) is 0 Å². The molecule has 0 rings (SSSR count). The van der Waals surface area contributed by atoms with Crippen LogP contribution in [0.5, 0.6) is 0 Å². The molecule has 0 heterocycles. The lowest BCUT2D eigenvalue weighted by Crippen LogP contribution is -2.75. The molecule has 1 atom stereocenters. The first-order valence-corrected chi connectivity index (χ1v) is 11.4. The molecule has 0 amide bonds. The summed E-state index contributed by atoms with van der Waals surface area (Å²) >= 11 is 0. The number of alkyl halides is 17. The van der Waals surface area contributed by atoms with Gasteiger partial charge in [0.1, 0.15) is 0 Å². The van der Waals surface area contributed by atoms with Crippen molar-refractivity contribution in [2.75, 3.05) is 0 Å². The van der Waals surface area contributed by atoms with E-state index in [0.29, 0.717) is 0 Å². The summed E-state index contributed by atoms with van der Waals surface area (Å²) in [6, 6.07) is 0. The fourth-order valence-corrected chi connectivity index (χ4v) is 7.50. The third-order valence-corrected chi connectivity index (χ3v) is 11.3. The molecule has 1 N–H and O–H groups in total. The van der Waals surface area contributed by atoms with Crippen molar-refractivity contribution in [1.29, 1.82) is 0 Å². The van der Waals surface area contributed by atoms with E-state index >= 15 is 0 Å². The van der Waals surface area contributed by atoms with Crippen molar-refractivity contribution in [2.45, 2.75) is 98.9 Å². The first-order chi connectivity index (χ1) is 14.8. The Labute approximate surface area is 187 Å². The average Bonchev–Trinajstić information content (AvgIpc) is 2.64. The highest BCUT2D eigenvalue weighted by Gasteiger charge is 2.95. The fourth-order valence-electron chi connectivity index (χ4n) is 3.40. The van der Waals surface area contributed by atoms with Gasteiger partial charge in [0.25, 0.3) is 0 Å². The van der Waals surface area contributed by atoms with Crippen LogP contribution in [0.3, 0.4) is 0 Å². The normalized spacial score (nSPS) is 17.4. The first-order valence-electron chi connectivity index (χ1n) is 9.23. The molecule has 0 radical (unpaired) electrons. The smallest absolute Gasteiger partial charge is 0.431 e. The lowest BCUT2D eigenvalue weighted by atomic mass is 9.88. The second kappa shape index (κ2) is 8.78. The fraction of sp³-hybridized carbons (Fsp3) is 1.00. The van der Waals surface area contributed by atoms with Gasteiger partial charge in [-0.05, 0) is 11.1 Å². The third kappa shape index (κ3) is 4.28. The van der Waals surface area contributed by atoms with E-state index in [0.717, 1.165) is 27.7 Å². The molecule has 212 valence electrons. The Bertz CT molecular complexity index is 748. The van der Waals surface area contributed by atoms with Gasteiger partial charge in [0.15, 0.2) is 0 Å². The number of rotatable bonds is 10. The van der Waals surface area contributed by atoms with Crippen LogP contribution in [0.15, 0.2) is 0 Å². The molecule has 35 heavy (non-hydrogen) atoms. The zero-order valence-electron chi connectivity index (χ0n) is 18.1. The number of hydrogen-bond donors (Lipinski definition) is 1. The molecule has 19 heteroatoms. The molecule has 1 nitrogen and oxygen atoms in total. The standard InChI is InChI=1S/C16H19F17OSi/c1-6(2)35(34,7(3)4)8(5)9(17,18)10(19,20)11(21,22)12(23,24)13(25,26)14(27,28)15(29,30)16(31,32)33/h6-8,34H,1-5H3. The maximum Gasteiger partial charge on any atom is 0.460 e. The van der Waals surface area contributed by atoms with E-state index in [9.17, 15) is 79.4 Å². The highest BCUT2D eigenvalue weighted by Crippen LogP contribution is 2.66. The minimum absolute atomic E-state index is 0.0428. The zero-order valence-corrected chi connectivity index (χ0v) is 19.1. The lowest BCUT2D eigenvalue weighted by Gasteiger charge is -2.47. The Hall–Kier alpha value is -1.01. The summed E-state index contributed by atoms with van der Waals surface area (Å²) < 4.78 is 228. The van der Waals surface area contributed by atoms with Crippen molar-refractivity contribution in [1.82, 2.24) is 0 Å². The maximum atomic E-state index is 14.5. The van der Waals surface area contributed by atoms with Crippen LogP contribution < -0.4 is 0 Å². The van der Waals surface area contributed by atoms with Crippen molar-refractivity contribution < 1.29 is 79.4 Å². The SMILES string of the molecule is CC(C)[Si](O)(C(C)C)C(C)C(F)(F)C(F)(F)C(F)(F)C(F)(F)C(F)(F)C(F)(F)C(F)(F)C(F)(F)F. The summed E-state index contributed by atoms with van der Waals surface area (Å²) in [5.41, 5.74) is -6.17. The Morgan fingerprint density at radius 1 is 0.429 bits per heavy atom. The van der Waals surface area contributed by atoms with Crippen LogP contribution in [0.1, 0.15) is 34.6 Å². The van der Waals surface area contributed by atoms with Gasteiger partial charge in [0.05, 0.1) is 0 Å². The number of halogens is 17. The van der Waals surface area contributed by atoms with Crippen LogP contribution in [0.25, 0.3) is 0 Å². The topological polar surface area (TPSA) is 20.2 Å². The van der Waals surface area contributed by atoms with Crippen LogP contribution in [-0.4, -0.2) is 60.7 Å². The summed E-state index contributed by atoms with van der Waals surface area (Å²) in [6.07, 6.45) is -7.79. The van der Waals surface area contributed by atoms with Crippen LogP contribution in [0.2, 0.25) is 16.6 Å². The monoisotopic (exact) mass is 578 g/mol. The van der Waals surface area contributed by atoms with Crippen molar-refractivity contribution in [3.63, 3.8) is 0 Å². The molecule has 0 aromatic heterocycles. The molecular formula is C16H19F17OSi. The second-order valence-corrected chi connectivity index (χ2v) is 13.4. The largest absolute Gasteiger partial charge is 0.460 e. The Morgan fingerprint density at radius 2 is 0.657 bits per heavy atom. The van der Waals surface area contributed by atoms with Crippen LogP contribution in [0, 0.1) is 0 Å². The molecule has 0 spiro atoms. The second-order valence-electron chi connectivity index (χ2n) is 8.49. The van der Waals surface area contributed by atoms with E-state index in [1.807, 2.05) is 0 Å². The third-order valence-electron chi connectivity index (χ3n) is 5.83. The molecule has 0 aromatic rings. The minimum Gasteiger partial charge on any atom is -0.431 e. The summed E-state index contributed by atoms with van der Waals surface area (Å²) in [6.45, 7) is 3.67. The molecule has 0 fully saturated rings. The molecule has 0 saturated heterocycles. The molecule has 0 aromatic carbocycles. The van der Waals surface area contributed by atoms with Gasteiger partial charge in [0.2, 0.25) is 8.32 Å². The summed E-state index contributed by atoms with van der Waals surface area (Å²) in [4.78, 5) is 10.5. The quantitative estimate of drug-likeness (QED) is 0.205. The summed E-state index contributed by atoms with van der Waals surface area (Å²) in [5.74, 6) is -56.7. The lowest BCUT2D eigenvalue weighted by molar-refractivity contribution is -0.461. The van der Waals surface area contributed by atoms with E-state index in [1.54, 1.807) is 0 Å². The summed E-state index contributed by atoms with van der Waals surface area (Å²) in [7, 11) is -4.94. The van der Waals surface area contributed by atoms with Gasteiger partial charge in [-0.3, -0.25) is 0 Å². The van der Waals surface area contributed by atoms with Gasteiger partial charge in [-0.25, -0.2) is 0 Å². The van der Waals surface area contributed by atoms with Gasteiger partial charge in [-0.2, -0.15) is 74.6 Å². The molecule has 0 bridgehead atoms. The highest BCUT2D eigenvalue weighted by molar-refractivity contribution is 6.76. The molecule has 0 aliphatic carbocycles. The van der Waals surface area contributed by atoms with Crippen molar-refractivity contribution in [3.05, 3.63) is 0 Å². The highest BCUT2D eigenvalue weighted by atomic mass is 28.4. The van der Waals surface area contributed by atoms with Gasteiger partial charge in [0, 0.05) is 5.54 Å². The minimum atomic E-state index is -8.66. The van der Waals surface area contributed by atoms with Crippen molar-refractivity contribution >= 4 is 8.32 Å². The van der Waals surface area contributed by atoms with E-state index < -0.39 is 72.6 Å². The molecular weight excluding hydrogens is 559 g/mol. The van der Waals surface area contributed by atoms with E-state index in [4.69, 9.17) is 0 Å². The van der Waals surface area contributed by atoms with Crippen molar-refractivity contribution in [3.8, 4) is 0 Å². The maximum absolute atomic E-state index is 14.5. The molecule has 0 aliphatic heterocycles. The van der Waals surface area contributed by atoms with Gasteiger partial charge < -0.3 is 4.80 Å². The Balaban J connectivity index is 7.02. The van der Waals surface area contributed by atoms with Crippen LogP contribution >= 0.6 is 0 Å². The number of hydrogen-bond acceptors (Lipinski definition) is 1. The predicted octanol–water partition coefficient (Wildman–Crippen LogP) is 8.14. The summed E-state index contributed by atoms with van der Waals surface area (Å²) in [5, 5.41) is 0. The Morgan fingerprint density at radius 3 is 0.886 bits per heavy atom. The Kier molecular flexibility index (Phi) is 8.53. The first kappa shape index (κ1) is 34.0. The van der Waals surface area contributed by atoms with E-state index in [1.165, 1.54) is 0 Å².